The Balaban J connectivity index is 1.62. The molecule has 170 valence electrons. The second-order valence-electron chi connectivity index (χ2n) is 8.45. The van der Waals surface area contributed by atoms with E-state index in [0.717, 1.165) is 64.2 Å². The van der Waals surface area contributed by atoms with Crippen LogP contribution in [0.5, 0.6) is 0 Å². The second-order valence-corrected chi connectivity index (χ2v) is 9.37. The van der Waals surface area contributed by atoms with Gasteiger partial charge in [-0.05, 0) is 56.2 Å². The summed E-state index contributed by atoms with van der Waals surface area (Å²) in [7, 11) is 3.55. The van der Waals surface area contributed by atoms with Gasteiger partial charge < -0.3 is 4.90 Å². The normalized spacial score (nSPS) is 14.2. The molecule has 33 heavy (non-hydrogen) atoms. The number of aromatic nitrogens is 4. The Labute approximate surface area is 198 Å². The average Bonchev–Trinajstić information content (AvgIpc) is 3.49. The van der Waals surface area contributed by atoms with Gasteiger partial charge in [0.05, 0.1) is 33.7 Å². The highest BCUT2D eigenvalue weighted by Gasteiger charge is 2.19. The van der Waals surface area contributed by atoms with Crippen molar-refractivity contribution in [1.29, 1.82) is 0 Å². The largest absolute Gasteiger partial charge is 0.370 e. The molecular formula is C24H25BrN6O2. The number of imidazole rings is 1. The van der Waals surface area contributed by atoms with E-state index in [1.54, 1.807) is 29.4 Å². The lowest BCUT2D eigenvalue weighted by Crippen LogP contribution is -2.19. The fourth-order valence-corrected chi connectivity index (χ4v) is 4.72. The molecule has 0 spiro atoms. The summed E-state index contributed by atoms with van der Waals surface area (Å²) in [6.07, 6.45) is 3.89. The molecule has 9 heteroatoms. The molecule has 3 heterocycles. The van der Waals surface area contributed by atoms with Crippen LogP contribution in [0, 0.1) is 6.92 Å². The van der Waals surface area contributed by atoms with Gasteiger partial charge in [-0.3, -0.25) is 24.0 Å². The van der Waals surface area contributed by atoms with E-state index in [4.69, 9.17) is 4.99 Å². The van der Waals surface area contributed by atoms with Crippen LogP contribution in [0.3, 0.4) is 0 Å². The second kappa shape index (κ2) is 8.22. The third kappa shape index (κ3) is 3.66. The van der Waals surface area contributed by atoms with Gasteiger partial charge in [-0.1, -0.05) is 15.9 Å². The molecule has 0 bridgehead atoms. The van der Waals surface area contributed by atoms with E-state index in [9.17, 15) is 9.59 Å². The third-order valence-corrected chi connectivity index (χ3v) is 6.88. The quantitative estimate of drug-likeness (QED) is 0.426. The van der Waals surface area contributed by atoms with Gasteiger partial charge in [0.25, 0.3) is 5.56 Å². The van der Waals surface area contributed by atoms with Gasteiger partial charge in [0.1, 0.15) is 0 Å². The van der Waals surface area contributed by atoms with E-state index >= 15 is 0 Å². The molecule has 8 nitrogen and oxygen atoms in total. The van der Waals surface area contributed by atoms with Crippen molar-refractivity contribution in [2.45, 2.75) is 19.8 Å². The summed E-state index contributed by atoms with van der Waals surface area (Å²) in [6, 6.07) is 11.5. The van der Waals surface area contributed by atoms with Crippen LogP contribution in [0.1, 0.15) is 24.1 Å². The van der Waals surface area contributed by atoms with Crippen molar-refractivity contribution in [1.82, 2.24) is 18.9 Å². The Bertz CT molecular complexity index is 1500. The minimum atomic E-state index is -0.158. The van der Waals surface area contributed by atoms with Gasteiger partial charge in [0.2, 0.25) is 0 Å². The number of hydrogen-bond donors (Lipinski definition) is 1. The molecule has 1 fully saturated rings. The maximum atomic E-state index is 13.1. The number of hydrogen-bond acceptors (Lipinski definition) is 4. The van der Waals surface area contributed by atoms with Crippen LogP contribution in [0.15, 0.2) is 55.5 Å². The van der Waals surface area contributed by atoms with E-state index in [1.807, 2.05) is 43.3 Å². The molecule has 1 aliphatic rings. The number of benzene rings is 2. The molecule has 2 aromatic carbocycles. The van der Waals surface area contributed by atoms with Crippen molar-refractivity contribution in [2.24, 2.45) is 19.1 Å². The van der Waals surface area contributed by atoms with Crippen LogP contribution in [0.25, 0.3) is 16.7 Å². The highest BCUT2D eigenvalue weighted by Crippen LogP contribution is 2.35. The number of rotatable bonds is 4. The number of halogens is 1. The molecule has 0 amide bonds. The third-order valence-electron chi connectivity index (χ3n) is 6.35. The summed E-state index contributed by atoms with van der Waals surface area (Å²) in [5.41, 5.74) is 5.19. The van der Waals surface area contributed by atoms with Crippen molar-refractivity contribution >= 4 is 44.6 Å². The molecule has 5 rings (SSSR count). The number of fused-ring (bicyclic) bond motifs is 1. The number of aliphatic imine (C=N–C) groups is 1. The smallest absolute Gasteiger partial charge is 0.328 e. The Kier molecular flexibility index (Phi) is 5.36. The zero-order valence-corrected chi connectivity index (χ0v) is 20.4. The molecule has 0 aliphatic carbocycles. The first kappa shape index (κ1) is 21.5. The molecule has 4 aromatic rings. The summed E-state index contributed by atoms with van der Waals surface area (Å²) < 4.78 is 5.76. The van der Waals surface area contributed by atoms with Crippen LogP contribution in [-0.4, -0.2) is 38.2 Å². The highest BCUT2D eigenvalue weighted by atomic mass is 79.9. The monoisotopic (exact) mass is 508 g/mol. The predicted octanol–water partition coefficient (Wildman–Crippen LogP) is 3.78. The van der Waals surface area contributed by atoms with Crippen molar-refractivity contribution in [3.63, 3.8) is 0 Å². The summed E-state index contributed by atoms with van der Waals surface area (Å²) in [5.74, 6) is 0. The fraction of sp³-hybridized carbons (Fsp3) is 0.292. The maximum Gasteiger partial charge on any atom is 0.328 e. The topological polar surface area (TPSA) is 80.3 Å². The van der Waals surface area contributed by atoms with Crippen molar-refractivity contribution in [3.8, 4) is 5.69 Å². The van der Waals surface area contributed by atoms with Crippen LogP contribution >= 0.6 is 15.9 Å². The summed E-state index contributed by atoms with van der Waals surface area (Å²) in [6.45, 7) is 3.77. The minimum absolute atomic E-state index is 0.0719. The molecule has 0 unspecified atom stereocenters. The van der Waals surface area contributed by atoms with Crippen LogP contribution < -0.4 is 16.1 Å². The van der Waals surface area contributed by atoms with Gasteiger partial charge in [0.15, 0.2) is 0 Å². The molecule has 1 saturated heterocycles. The number of H-pyrrole nitrogens is 1. The number of anilines is 1. The lowest BCUT2D eigenvalue weighted by molar-refractivity contribution is 0.795. The summed E-state index contributed by atoms with van der Waals surface area (Å²) >= 11 is 3.42. The summed E-state index contributed by atoms with van der Waals surface area (Å²) in [4.78, 5) is 32.7. The molecule has 0 radical (unpaired) electrons. The van der Waals surface area contributed by atoms with E-state index in [2.05, 4.69) is 25.9 Å². The Morgan fingerprint density at radius 2 is 1.64 bits per heavy atom. The molecular weight excluding hydrogens is 484 g/mol. The zero-order valence-electron chi connectivity index (χ0n) is 18.8. The van der Waals surface area contributed by atoms with Gasteiger partial charge in [0, 0.05) is 43.6 Å². The van der Waals surface area contributed by atoms with Crippen LogP contribution in [-0.2, 0) is 14.1 Å². The van der Waals surface area contributed by atoms with E-state index in [0.29, 0.717) is 5.56 Å². The molecule has 0 atom stereocenters. The van der Waals surface area contributed by atoms with E-state index < -0.39 is 0 Å². The standard InChI is InChI=1S/C24H25BrN6O2/c1-15-18(23(32)31(27-15)17-8-6-16(25)7-9-17)14-26-19-12-21-22(29(3)24(33)28(21)2)13-20(19)30-10-4-5-11-30/h6-9,12-14,27H,4-5,10-11H2,1-3H3. The Morgan fingerprint density at radius 1 is 1.00 bits per heavy atom. The minimum Gasteiger partial charge on any atom is -0.370 e. The number of nitrogens with zero attached hydrogens (tertiary/aromatic N) is 5. The Hall–Kier alpha value is -3.33. The first-order valence-corrected chi connectivity index (χ1v) is 11.7. The number of aromatic amines is 1. The van der Waals surface area contributed by atoms with Gasteiger partial charge >= 0.3 is 5.69 Å². The van der Waals surface area contributed by atoms with Crippen molar-refractivity contribution in [2.75, 3.05) is 18.0 Å². The van der Waals surface area contributed by atoms with Gasteiger partial charge in [-0.25, -0.2) is 9.48 Å². The number of aryl methyl sites for hydroxylation is 3. The molecule has 1 N–H and O–H groups in total. The lowest BCUT2D eigenvalue weighted by atomic mass is 10.2. The van der Waals surface area contributed by atoms with Crippen molar-refractivity contribution < 1.29 is 0 Å². The maximum absolute atomic E-state index is 13.1. The fourth-order valence-electron chi connectivity index (χ4n) is 4.46. The molecule has 0 saturated carbocycles. The predicted molar refractivity (Wildman–Crippen MR) is 136 cm³/mol. The van der Waals surface area contributed by atoms with Gasteiger partial charge in [-0.15, -0.1) is 0 Å². The van der Waals surface area contributed by atoms with Gasteiger partial charge in [-0.2, -0.15) is 0 Å². The lowest BCUT2D eigenvalue weighted by Gasteiger charge is -2.20. The van der Waals surface area contributed by atoms with Crippen LogP contribution in [0.4, 0.5) is 11.4 Å². The Morgan fingerprint density at radius 3 is 2.30 bits per heavy atom. The van der Waals surface area contributed by atoms with Crippen LogP contribution in [0.2, 0.25) is 0 Å². The first-order valence-electron chi connectivity index (χ1n) is 10.9. The molecule has 1 aliphatic heterocycles. The van der Waals surface area contributed by atoms with E-state index in [-0.39, 0.29) is 11.2 Å². The van der Waals surface area contributed by atoms with Crippen molar-refractivity contribution in [3.05, 3.63) is 73.0 Å². The SMILES string of the molecule is Cc1[nH]n(-c2ccc(Br)cc2)c(=O)c1C=Nc1cc2c(cc1N1CCCC1)n(C)c(=O)n2C. The van der Waals surface area contributed by atoms with E-state index in [1.165, 1.54) is 4.68 Å². The molecule has 2 aromatic heterocycles. The highest BCUT2D eigenvalue weighted by molar-refractivity contribution is 9.10. The average molecular weight is 509 g/mol. The number of nitrogens with one attached hydrogen (secondary N) is 1. The first-order chi connectivity index (χ1) is 15.8. The zero-order chi connectivity index (χ0) is 23.3. The summed E-state index contributed by atoms with van der Waals surface area (Å²) in [5, 5.41) is 3.14.